The molecule has 98 valence electrons. The number of anilines is 1. The molecule has 0 spiro atoms. The monoisotopic (exact) mass is 269 g/mol. The largest absolute Gasteiger partial charge is 0.394 e. The van der Waals surface area contributed by atoms with Crippen molar-refractivity contribution in [2.45, 2.75) is 6.92 Å². The number of pyridine rings is 1. The molecule has 18 heavy (non-hydrogen) atoms. The third-order valence-corrected chi connectivity index (χ3v) is 2.55. The number of hydrogen-bond acceptors (Lipinski definition) is 5. The average Bonchev–Trinajstić information content (AvgIpc) is 2.38. The zero-order valence-corrected chi connectivity index (χ0v) is 11.0. The molecular formula is C12H16ClN3O2. The molecule has 0 saturated carbocycles. The molecule has 1 rings (SSSR count). The van der Waals surface area contributed by atoms with Gasteiger partial charge in [0, 0.05) is 13.1 Å². The third kappa shape index (κ3) is 4.49. The lowest BCUT2D eigenvalue weighted by Crippen LogP contribution is -2.28. The van der Waals surface area contributed by atoms with E-state index in [2.05, 4.69) is 4.98 Å². The van der Waals surface area contributed by atoms with Crippen LogP contribution < -0.4 is 4.90 Å². The minimum absolute atomic E-state index is 0.0140. The lowest BCUT2D eigenvalue weighted by Gasteiger charge is -2.22. The molecule has 0 radical (unpaired) electrons. The summed E-state index contributed by atoms with van der Waals surface area (Å²) in [5, 5.41) is 17.8. The van der Waals surface area contributed by atoms with Gasteiger partial charge in [-0.15, -0.1) is 0 Å². The Balaban J connectivity index is 2.69. The van der Waals surface area contributed by atoms with Crippen LogP contribution in [0.15, 0.2) is 12.1 Å². The second-order valence-electron chi connectivity index (χ2n) is 3.56. The normalized spacial score (nSPS) is 10.1. The molecule has 0 atom stereocenters. The molecule has 0 bridgehead atoms. The number of aliphatic hydroxyl groups is 1. The molecule has 1 aromatic heterocycles. The molecule has 6 heteroatoms. The topological polar surface area (TPSA) is 69.4 Å². The number of nitriles is 1. The van der Waals surface area contributed by atoms with Gasteiger partial charge >= 0.3 is 0 Å². The summed E-state index contributed by atoms with van der Waals surface area (Å²) in [5.74, 6) is 0.661. The molecule has 0 aliphatic carbocycles. The second-order valence-corrected chi connectivity index (χ2v) is 3.95. The molecule has 0 saturated heterocycles. The summed E-state index contributed by atoms with van der Waals surface area (Å²) in [6.07, 6.45) is 0. The first kappa shape index (κ1) is 14.7. The van der Waals surface area contributed by atoms with Crippen LogP contribution in [0.1, 0.15) is 12.5 Å². The Morgan fingerprint density at radius 2 is 2.28 bits per heavy atom. The Morgan fingerprint density at radius 3 is 2.89 bits per heavy atom. The summed E-state index contributed by atoms with van der Waals surface area (Å²) in [4.78, 5) is 6.15. The SMILES string of the molecule is CCN(CCOCCO)c1cc(C#N)cc(Cl)n1. The highest BCUT2D eigenvalue weighted by Gasteiger charge is 2.08. The average molecular weight is 270 g/mol. The van der Waals surface area contributed by atoms with E-state index in [-0.39, 0.29) is 6.61 Å². The van der Waals surface area contributed by atoms with Crippen LogP contribution >= 0.6 is 11.6 Å². The number of aromatic nitrogens is 1. The Hall–Kier alpha value is -1.35. The summed E-state index contributed by atoms with van der Waals surface area (Å²) >= 11 is 5.86. The van der Waals surface area contributed by atoms with Crippen LogP contribution in [0.4, 0.5) is 5.82 Å². The molecule has 0 aliphatic rings. The number of halogens is 1. The van der Waals surface area contributed by atoms with Crippen LogP contribution in [0.3, 0.4) is 0 Å². The van der Waals surface area contributed by atoms with E-state index < -0.39 is 0 Å². The van der Waals surface area contributed by atoms with E-state index in [0.717, 1.165) is 6.54 Å². The van der Waals surface area contributed by atoms with Crippen LogP contribution in [-0.2, 0) is 4.74 Å². The van der Waals surface area contributed by atoms with E-state index in [1.165, 1.54) is 6.07 Å². The van der Waals surface area contributed by atoms with Crippen LogP contribution in [-0.4, -0.2) is 43.0 Å². The molecular weight excluding hydrogens is 254 g/mol. The fraction of sp³-hybridized carbons (Fsp3) is 0.500. The van der Waals surface area contributed by atoms with Gasteiger partial charge in [-0.2, -0.15) is 5.26 Å². The predicted molar refractivity (Wildman–Crippen MR) is 69.8 cm³/mol. The number of likely N-dealkylation sites (N-methyl/N-ethyl adjacent to an activating group) is 1. The summed E-state index contributed by atoms with van der Waals surface area (Å²) in [6.45, 7) is 4.19. The van der Waals surface area contributed by atoms with Crippen molar-refractivity contribution in [3.63, 3.8) is 0 Å². The second kappa shape index (κ2) is 7.88. The van der Waals surface area contributed by atoms with Crippen molar-refractivity contribution in [1.29, 1.82) is 5.26 Å². The van der Waals surface area contributed by atoms with E-state index in [1.807, 2.05) is 17.9 Å². The van der Waals surface area contributed by atoms with Gasteiger partial charge in [0.25, 0.3) is 0 Å². The van der Waals surface area contributed by atoms with Crippen molar-refractivity contribution in [2.75, 3.05) is 37.8 Å². The molecule has 1 N–H and O–H groups in total. The van der Waals surface area contributed by atoms with Crippen LogP contribution in [0.5, 0.6) is 0 Å². The maximum absolute atomic E-state index is 8.88. The number of aliphatic hydroxyl groups excluding tert-OH is 1. The van der Waals surface area contributed by atoms with Gasteiger partial charge in [0.2, 0.25) is 0 Å². The van der Waals surface area contributed by atoms with E-state index in [1.54, 1.807) is 6.07 Å². The van der Waals surface area contributed by atoms with Gasteiger partial charge in [-0.05, 0) is 19.1 Å². The summed E-state index contributed by atoms with van der Waals surface area (Å²) < 4.78 is 5.21. The maximum Gasteiger partial charge on any atom is 0.132 e. The van der Waals surface area contributed by atoms with Crippen molar-refractivity contribution < 1.29 is 9.84 Å². The van der Waals surface area contributed by atoms with Gasteiger partial charge in [-0.25, -0.2) is 4.98 Å². The summed E-state index contributed by atoms with van der Waals surface area (Å²) in [5.41, 5.74) is 0.486. The molecule has 0 aromatic carbocycles. The number of hydrogen-bond donors (Lipinski definition) is 1. The van der Waals surface area contributed by atoms with Crippen molar-refractivity contribution in [1.82, 2.24) is 4.98 Å². The zero-order chi connectivity index (χ0) is 13.4. The highest BCUT2D eigenvalue weighted by molar-refractivity contribution is 6.29. The highest BCUT2D eigenvalue weighted by Crippen LogP contribution is 2.17. The highest BCUT2D eigenvalue weighted by atomic mass is 35.5. The molecule has 1 heterocycles. The van der Waals surface area contributed by atoms with Gasteiger partial charge < -0.3 is 14.7 Å². The number of rotatable bonds is 7. The quantitative estimate of drug-likeness (QED) is 0.599. The number of ether oxygens (including phenoxy) is 1. The minimum Gasteiger partial charge on any atom is -0.394 e. The minimum atomic E-state index is 0.0140. The molecule has 0 amide bonds. The lowest BCUT2D eigenvalue weighted by atomic mass is 10.3. The van der Waals surface area contributed by atoms with Crippen LogP contribution in [0, 0.1) is 11.3 Å². The van der Waals surface area contributed by atoms with E-state index in [0.29, 0.717) is 36.3 Å². The molecule has 1 aromatic rings. The van der Waals surface area contributed by atoms with Gasteiger partial charge in [0.05, 0.1) is 31.5 Å². The van der Waals surface area contributed by atoms with Gasteiger partial charge in [-0.3, -0.25) is 0 Å². The molecule has 0 fully saturated rings. The van der Waals surface area contributed by atoms with Crippen molar-refractivity contribution in [2.24, 2.45) is 0 Å². The fourth-order valence-electron chi connectivity index (χ4n) is 1.49. The van der Waals surface area contributed by atoms with Crippen LogP contribution in [0.25, 0.3) is 0 Å². The van der Waals surface area contributed by atoms with Gasteiger partial charge in [-0.1, -0.05) is 11.6 Å². The number of nitrogens with zero attached hydrogens (tertiary/aromatic N) is 3. The third-order valence-electron chi connectivity index (χ3n) is 2.36. The standard InChI is InChI=1S/C12H16ClN3O2/c1-2-16(3-5-18-6-4-17)12-8-10(9-14)7-11(13)15-12/h7-8,17H,2-6H2,1H3. The molecule has 0 unspecified atom stereocenters. The summed E-state index contributed by atoms with van der Waals surface area (Å²) in [7, 11) is 0. The Bertz CT molecular complexity index is 420. The fourth-order valence-corrected chi connectivity index (χ4v) is 1.69. The smallest absolute Gasteiger partial charge is 0.132 e. The van der Waals surface area contributed by atoms with Crippen molar-refractivity contribution in [3.05, 3.63) is 22.8 Å². The zero-order valence-electron chi connectivity index (χ0n) is 10.3. The van der Waals surface area contributed by atoms with E-state index in [4.69, 9.17) is 26.7 Å². The molecule has 5 nitrogen and oxygen atoms in total. The maximum atomic E-state index is 8.88. The summed E-state index contributed by atoms with van der Waals surface area (Å²) in [6, 6.07) is 5.27. The van der Waals surface area contributed by atoms with E-state index >= 15 is 0 Å². The first-order valence-corrected chi connectivity index (χ1v) is 6.10. The van der Waals surface area contributed by atoms with E-state index in [9.17, 15) is 0 Å². The Morgan fingerprint density at radius 1 is 1.50 bits per heavy atom. The van der Waals surface area contributed by atoms with Crippen molar-refractivity contribution >= 4 is 17.4 Å². The first-order chi connectivity index (χ1) is 8.71. The Labute approximate surface area is 112 Å². The lowest BCUT2D eigenvalue weighted by molar-refractivity contribution is 0.0967. The van der Waals surface area contributed by atoms with Gasteiger partial charge in [0.15, 0.2) is 0 Å². The molecule has 0 aliphatic heterocycles. The predicted octanol–water partition coefficient (Wildman–Crippen LogP) is 1.44. The van der Waals surface area contributed by atoms with Crippen LogP contribution in [0.2, 0.25) is 5.15 Å². The van der Waals surface area contributed by atoms with Crippen molar-refractivity contribution in [3.8, 4) is 6.07 Å². The van der Waals surface area contributed by atoms with Gasteiger partial charge in [0.1, 0.15) is 11.0 Å². The Kier molecular flexibility index (Phi) is 6.44. The first-order valence-electron chi connectivity index (χ1n) is 5.72.